The smallest absolute Gasteiger partial charge is 0.224 e. The highest BCUT2D eigenvalue weighted by atomic mass is 16.1. The molecule has 1 aliphatic heterocycles. The van der Waals surface area contributed by atoms with Gasteiger partial charge in [0, 0.05) is 38.6 Å². The lowest BCUT2D eigenvalue weighted by Gasteiger charge is -2.33. The Hall–Kier alpha value is -2.70. The molecule has 1 aliphatic rings. The average molecular weight is 298 g/mol. The fourth-order valence-electron chi connectivity index (χ4n) is 2.34. The SMILES string of the molecule is O=CN1CCN(c2ccnc(NCc3ccccn3)n2)CC1. The molecule has 114 valence electrons. The number of hydrogen-bond donors (Lipinski definition) is 1. The number of carbonyl (C=O) groups excluding carboxylic acids is 1. The highest BCUT2D eigenvalue weighted by molar-refractivity contribution is 5.49. The van der Waals surface area contributed by atoms with E-state index in [-0.39, 0.29) is 0 Å². The van der Waals surface area contributed by atoms with E-state index < -0.39 is 0 Å². The molecule has 0 radical (unpaired) electrons. The molecule has 0 aliphatic carbocycles. The van der Waals surface area contributed by atoms with Gasteiger partial charge in [-0.05, 0) is 18.2 Å². The number of anilines is 2. The van der Waals surface area contributed by atoms with Crippen LogP contribution in [0.5, 0.6) is 0 Å². The summed E-state index contributed by atoms with van der Waals surface area (Å²) in [7, 11) is 0. The largest absolute Gasteiger partial charge is 0.353 e. The molecule has 0 bridgehead atoms. The van der Waals surface area contributed by atoms with E-state index in [0.717, 1.165) is 44.1 Å². The van der Waals surface area contributed by atoms with Gasteiger partial charge in [-0.1, -0.05) is 6.07 Å². The fourth-order valence-corrected chi connectivity index (χ4v) is 2.34. The van der Waals surface area contributed by atoms with Crippen molar-refractivity contribution in [1.29, 1.82) is 0 Å². The number of aromatic nitrogens is 3. The molecule has 1 fully saturated rings. The predicted molar refractivity (Wildman–Crippen MR) is 83.4 cm³/mol. The summed E-state index contributed by atoms with van der Waals surface area (Å²) in [6.07, 6.45) is 4.41. The summed E-state index contributed by atoms with van der Waals surface area (Å²) in [4.78, 5) is 27.7. The zero-order chi connectivity index (χ0) is 15.2. The van der Waals surface area contributed by atoms with E-state index in [1.54, 1.807) is 17.3 Å². The Morgan fingerprint density at radius 1 is 1.09 bits per heavy atom. The topological polar surface area (TPSA) is 74.2 Å². The second kappa shape index (κ2) is 6.84. The third kappa shape index (κ3) is 3.49. The van der Waals surface area contributed by atoms with Crippen LogP contribution < -0.4 is 10.2 Å². The third-order valence-electron chi connectivity index (χ3n) is 3.58. The fraction of sp³-hybridized carbons (Fsp3) is 0.333. The number of rotatable bonds is 5. The molecule has 7 heteroatoms. The van der Waals surface area contributed by atoms with E-state index in [0.29, 0.717) is 12.5 Å². The van der Waals surface area contributed by atoms with Gasteiger partial charge in [-0.15, -0.1) is 0 Å². The lowest BCUT2D eigenvalue weighted by molar-refractivity contribution is -0.118. The number of nitrogens with one attached hydrogen (secondary N) is 1. The first-order valence-corrected chi connectivity index (χ1v) is 7.26. The second-order valence-corrected chi connectivity index (χ2v) is 5.04. The van der Waals surface area contributed by atoms with Crippen LogP contribution in [0.2, 0.25) is 0 Å². The Kier molecular flexibility index (Phi) is 4.43. The summed E-state index contributed by atoms with van der Waals surface area (Å²) in [5, 5.41) is 3.18. The first kappa shape index (κ1) is 14.2. The Morgan fingerprint density at radius 2 is 1.95 bits per heavy atom. The van der Waals surface area contributed by atoms with Gasteiger partial charge in [-0.3, -0.25) is 9.78 Å². The first-order valence-electron chi connectivity index (χ1n) is 7.26. The molecular weight excluding hydrogens is 280 g/mol. The van der Waals surface area contributed by atoms with Crippen molar-refractivity contribution in [3.05, 3.63) is 42.4 Å². The van der Waals surface area contributed by atoms with Crippen molar-refractivity contribution in [2.75, 3.05) is 36.4 Å². The Morgan fingerprint density at radius 3 is 2.68 bits per heavy atom. The van der Waals surface area contributed by atoms with Crippen molar-refractivity contribution in [1.82, 2.24) is 19.9 Å². The predicted octanol–water partition coefficient (Wildman–Crippen LogP) is 0.762. The van der Waals surface area contributed by atoms with Crippen molar-refractivity contribution in [3.63, 3.8) is 0 Å². The van der Waals surface area contributed by atoms with E-state index in [9.17, 15) is 4.79 Å². The van der Waals surface area contributed by atoms with Crippen LogP contribution in [0.15, 0.2) is 36.7 Å². The quantitative estimate of drug-likeness (QED) is 0.822. The first-order chi connectivity index (χ1) is 10.8. The van der Waals surface area contributed by atoms with Crippen LogP contribution in [0.1, 0.15) is 5.69 Å². The molecule has 3 rings (SSSR count). The van der Waals surface area contributed by atoms with Crippen LogP contribution in [0.25, 0.3) is 0 Å². The van der Waals surface area contributed by atoms with E-state index in [1.165, 1.54) is 0 Å². The van der Waals surface area contributed by atoms with Crippen LogP contribution >= 0.6 is 0 Å². The summed E-state index contributed by atoms with van der Waals surface area (Å²) in [5.41, 5.74) is 0.941. The van der Waals surface area contributed by atoms with E-state index in [4.69, 9.17) is 0 Å². The highest BCUT2D eigenvalue weighted by Gasteiger charge is 2.16. The molecule has 0 spiro atoms. The van der Waals surface area contributed by atoms with E-state index in [2.05, 4.69) is 25.2 Å². The number of hydrogen-bond acceptors (Lipinski definition) is 6. The molecule has 2 aromatic heterocycles. The maximum absolute atomic E-state index is 10.7. The minimum atomic E-state index is 0.584. The normalized spacial score (nSPS) is 14.7. The minimum Gasteiger partial charge on any atom is -0.353 e. The molecule has 2 aromatic rings. The van der Waals surface area contributed by atoms with Crippen molar-refractivity contribution < 1.29 is 4.79 Å². The Labute approximate surface area is 129 Å². The Balaban J connectivity index is 1.61. The van der Waals surface area contributed by atoms with Gasteiger partial charge in [0.25, 0.3) is 0 Å². The number of piperazine rings is 1. The van der Waals surface area contributed by atoms with Crippen LogP contribution in [0.4, 0.5) is 11.8 Å². The second-order valence-electron chi connectivity index (χ2n) is 5.04. The monoisotopic (exact) mass is 298 g/mol. The number of pyridine rings is 1. The molecule has 1 amide bonds. The van der Waals surface area contributed by atoms with Crippen molar-refractivity contribution in [2.45, 2.75) is 6.54 Å². The van der Waals surface area contributed by atoms with E-state index in [1.807, 2.05) is 24.3 Å². The number of nitrogens with zero attached hydrogens (tertiary/aromatic N) is 5. The summed E-state index contributed by atoms with van der Waals surface area (Å²) >= 11 is 0. The zero-order valence-electron chi connectivity index (χ0n) is 12.2. The van der Waals surface area contributed by atoms with Crippen LogP contribution in [0.3, 0.4) is 0 Å². The molecule has 0 unspecified atom stereocenters. The molecule has 0 saturated carbocycles. The Bertz CT molecular complexity index is 612. The average Bonchev–Trinajstić information content (AvgIpc) is 2.61. The van der Waals surface area contributed by atoms with Crippen molar-refractivity contribution >= 4 is 18.2 Å². The molecule has 3 heterocycles. The van der Waals surface area contributed by atoms with Gasteiger partial charge in [-0.25, -0.2) is 4.98 Å². The molecule has 7 nitrogen and oxygen atoms in total. The molecule has 22 heavy (non-hydrogen) atoms. The molecule has 1 N–H and O–H groups in total. The summed E-state index contributed by atoms with van der Waals surface area (Å²) in [6, 6.07) is 7.69. The van der Waals surface area contributed by atoms with Crippen molar-refractivity contribution in [3.8, 4) is 0 Å². The summed E-state index contributed by atoms with van der Waals surface area (Å²) in [6.45, 7) is 3.61. The zero-order valence-corrected chi connectivity index (χ0v) is 12.2. The molecular formula is C15H18N6O. The summed E-state index contributed by atoms with van der Waals surface area (Å²) in [5.74, 6) is 1.46. The van der Waals surface area contributed by atoms with Gasteiger partial charge in [0.05, 0.1) is 12.2 Å². The standard InChI is InChI=1S/C15H18N6O/c22-12-20-7-9-21(10-8-20)14-4-6-17-15(19-14)18-11-13-3-1-2-5-16-13/h1-6,12H,7-11H2,(H,17,18,19). The molecule has 0 aromatic carbocycles. The van der Waals surface area contributed by atoms with Gasteiger partial charge >= 0.3 is 0 Å². The van der Waals surface area contributed by atoms with Gasteiger partial charge in [0.15, 0.2) is 0 Å². The van der Waals surface area contributed by atoms with Gasteiger partial charge in [0.2, 0.25) is 12.4 Å². The molecule has 0 atom stereocenters. The van der Waals surface area contributed by atoms with Crippen LogP contribution in [-0.2, 0) is 11.3 Å². The summed E-state index contributed by atoms with van der Waals surface area (Å²) < 4.78 is 0. The number of carbonyl (C=O) groups is 1. The third-order valence-corrected chi connectivity index (χ3v) is 3.58. The lowest BCUT2D eigenvalue weighted by Crippen LogP contribution is -2.46. The number of amides is 1. The van der Waals surface area contributed by atoms with Gasteiger partial charge in [-0.2, -0.15) is 4.98 Å². The van der Waals surface area contributed by atoms with E-state index >= 15 is 0 Å². The van der Waals surface area contributed by atoms with Crippen LogP contribution in [-0.4, -0.2) is 52.4 Å². The van der Waals surface area contributed by atoms with Crippen molar-refractivity contribution in [2.24, 2.45) is 0 Å². The van der Waals surface area contributed by atoms with Crippen LogP contribution in [0, 0.1) is 0 Å². The van der Waals surface area contributed by atoms with Gasteiger partial charge in [0.1, 0.15) is 5.82 Å². The van der Waals surface area contributed by atoms with Gasteiger partial charge < -0.3 is 15.1 Å². The maximum atomic E-state index is 10.7. The minimum absolute atomic E-state index is 0.584. The highest BCUT2D eigenvalue weighted by Crippen LogP contribution is 2.14. The maximum Gasteiger partial charge on any atom is 0.224 e. The lowest BCUT2D eigenvalue weighted by atomic mass is 10.3. The molecule has 1 saturated heterocycles.